The Morgan fingerprint density at radius 3 is 2.55 bits per heavy atom. The van der Waals surface area contributed by atoms with Gasteiger partial charge in [0.2, 0.25) is 5.91 Å². The molecule has 200 valence electrons. The zero-order valence-electron chi connectivity index (χ0n) is 21.4. The highest BCUT2D eigenvalue weighted by atomic mass is 32.2. The molecule has 0 radical (unpaired) electrons. The first-order valence-corrected chi connectivity index (χ1v) is 12.6. The first-order valence-electron chi connectivity index (χ1n) is 11.6. The zero-order chi connectivity index (χ0) is 27.5. The van der Waals surface area contributed by atoms with Gasteiger partial charge in [0, 0.05) is 17.8 Å². The maximum atomic E-state index is 12.7. The molecule has 0 unspecified atom stereocenters. The van der Waals surface area contributed by atoms with Gasteiger partial charge < -0.3 is 29.4 Å². The van der Waals surface area contributed by atoms with Gasteiger partial charge in [0.15, 0.2) is 22.5 Å². The summed E-state index contributed by atoms with van der Waals surface area (Å²) in [6, 6.07) is 11.4. The Bertz CT molecular complexity index is 1310. The van der Waals surface area contributed by atoms with Crippen LogP contribution in [0.2, 0.25) is 0 Å². The second-order valence-electron chi connectivity index (χ2n) is 7.69. The number of amides is 2. The van der Waals surface area contributed by atoms with Crippen molar-refractivity contribution in [3.8, 4) is 11.5 Å². The van der Waals surface area contributed by atoms with Crippen LogP contribution in [0, 0.1) is 0 Å². The van der Waals surface area contributed by atoms with E-state index in [0.717, 1.165) is 0 Å². The van der Waals surface area contributed by atoms with Crippen LogP contribution in [0.4, 0.5) is 5.69 Å². The van der Waals surface area contributed by atoms with Crippen molar-refractivity contribution >= 4 is 35.2 Å². The molecule has 3 rings (SSSR count). The van der Waals surface area contributed by atoms with Gasteiger partial charge in [0.25, 0.3) is 5.91 Å². The van der Waals surface area contributed by atoms with Crippen molar-refractivity contribution in [3.63, 3.8) is 0 Å². The number of allylic oxidation sites excluding steroid dienone is 1. The fraction of sp³-hybridized carbons (Fsp3) is 0.269. The number of ether oxygens (including phenoxy) is 3. The highest BCUT2D eigenvalue weighted by molar-refractivity contribution is 7.99. The van der Waals surface area contributed by atoms with Crippen LogP contribution in [0.5, 0.6) is 11.5 Å². The Morgan fingerprint density at radius 1 is 1.05 bits per heavy atom. The van der Waals surface area contributed by atoms with Crippen molar-refractivity contribution in [2.24, 2.45) is 0 Å². The lowest BCUT2D eigenvalue weighted by atomic mass is 10.2. The number of hydrogen-bond acceptors (Lipinski definition) is 9. The van der Waals surface area contributed by atoms with E-state index in [0.29, 0.717) is 45.8 Å². The fourth-order valence-electron chi connectivity index (χ4n) is 3.37. The minimum absolute atomic E-state index is 0.0525. The summed E-state index contributed by atoms with van der Waals surface area (Å²) in [7, 11) is 3.02. The molecular formula is C26H29N5O6S. The molecule has 0 aliphatic heterocycles. The molecule has 0 bridgehead atoms. The number of nitrogens with one attached hydrogen (secondary N) is 2. The third-order valence-corrected chi connectivity index (χ3v) is 6.11. The van der Waals surface area contributed by atoms with Gasteiger partial charge in [-0.15, -0.1) is 16.8 Å². The molecule has 12 heteroatoms. The van der Waals surface area contributed by atoms with Gasteiger partial charge >= 0.3 is 5.97 Å². The van der Waals surface area contributed by atoms with E-state index in [1.807, 2.05) is 0 Å². The lowest BCUT2D eigenvalue weighted by Gasteiger charge is -2.11. The lowest BCUT2D eigenvalue weighted by molar-refractivity contribution is -0.113. The first-order chi connectivity index (χ1) is 18.4. The molecule has 0 aliphatic carbocycles. The van der Waals surface area contributed by atoms with Gasteiger partial charge in [-0.1, -0.05) is 23.9 Å². The van der Waals surface area contributed by atoms with E-state index in [1.165, 1.54) is 26.0 Å². The average molecular weight is 540 g/mol. The SMILES string of the molecule is C=CCn1c(CNC(=O)c2ccc(OC)c(OC)c2)nnc1SCC(=O)Nc1cccc(C(=O)OCC)c1. The summed E-state index contributed by atoms with van der Waals surface area (Å²) in [4.78, 5) is 37.1. The van der Waals surface area contributed by atoms with E-state index in [4.69, 9.17) is 14.2 Å². The monoisotopic (exact) mass is 539 g/mol. The summed E-state index contributed by atoms with van der Waals surface area (Å²) >= 11 is 1.19. The summed E-state index contributed by atoms with van der Waals surface area (Å²) in [6.45, 7) is 6.26. The Morgan fingerprint density at radius 2 is 1.84 bits per heavy atom. The van der Waals surface area contributed by atoms with Gasteiger partial charge in [0.1, 0.15) is 0 Å². The highest BCUT2D eigenvalue weighted by Gasteiger charge is 2.16. The molecule has 0 aliphatic rings. The molecule has 2 amide bonds. The van der Waals surface area contributed by atoms with Crippen LogP contribution in [-0.2, 0) is 22.6 Å². The Labute approximate surface area is 224 Å². The number of nitrogens with zero attached hydrogens (tertiary/aromatic N) is 3. The summed E-state index contributed by atoms with van der Waals surface area (Å²) in [6.07, 6.45) is 1.67. The number of carbonyl (C=O) groups excluding carboxylic acids is 3. The molecule has 0 fully saturated rings. The number of methoxy groups -OCH3 is 2. The summed E-state index contributed by atoms with van der Waals surface area (Å²) in [5, 5.41) is 14.4. The second kappa shape index (κ2) is 13.8. The van der Waals surface area contributed by atoms with Crippen molar-refractivity contribution < 1.29 is 28.6 Å². The molecule has 3 aromatic rings. The van der Waals surface area contributed by atoms with Gasteiger partial charge in [0.05, 0.1) is 38.7 Å². The molecule has 11 nitrogen and oxygen atoms in total. The van der Waals surface area contributed by atoms with Crippen LogP contribution < -0.4 is 20.1 Å². The number of esters is 1. The summed E-state index contributed by atoms with van der Waals surface area (Å²) < 4.78 is 17.2. The largest absolute Gasteiger partial charge is 0.493 e. The fourth-order valence-corrected chi connectivity index (χ4v) is 4.14. The smallest absolute Gasteiger partial charge is 0.338 e. The summed E-state index contributed by atoms with van der Waals surface area (Å²) in [5.74, 6) is 0.457. The number of thioether (sulfide) groups is 1. The Balaban J connectivity index is 1.61. The van der Waals surface area contributed by atoms with Gasteiger partial charge in [-0.3, -0.25) is 9.59 Å². The molecule has 1 aromatic heterocycles. The van der Waals surface area contributed by atoms with E-state index >= 15 is 0 Å². The third kappa shape index (κ3) is 7.35. The zero-order valence-corrected chi connectivity index (χ0v) is 22.2. The molecule has 0 atom stereocenters. The number of hydrogen-bond donors (Lipinski definition) is 2. The molecule has 0 saturated heterocycles. The topological polar surface area (TPSA) is 134 Å². The molecule has 1 heterocycles. The van der Waals surface area contributed by atoms with Crippen LogP contribution in [0.15, 0.2) is 60.3 Å². The van der Waals surface area contributed by atoms with E-state index in [2.05, 4.69) is 27.4 Å². The Hall–Kier alpha value is -4.32. The molecule has 38 heavy (non-hydrogen) atoms. The number of rotatable bonds is 13. The first kappa shape index (κ1) is 28.3. The van der Waals surface area contributed by atoms with E-state index < -0.39 is 5.97 Å². The van der Waals surface area contributed by atoms with E-state index in [-0.39, 0.29) is 30.7 Å². The maximum absolute atomic E-state index is 12.7. The Kier molecular flexibility index (Phi) is 10.3. The lowest BCUT2D eigenvalue weighted by Crippen LogP contribution is -2.25. The standard InChI is InChI=1S/C26H29N5O6S/c1-5-12-31-22(15-27-24(33)17-10-11-20(35-3)21(14-17)36-4)29-30-26(31)38-16-23(32)28-19-9-7-8-18(13-19)25(34)37-6-2/h5,7-11,13-14H,1,6,12,15-16H2,2-4H3,(H,27,33)(H,28,32). The predicted octanol–water partition coefficient (Wildman–Crippen LogP) is 3.32. The summed E-state index contributed by atoms with van der Waals surface area (Å²) in [5.41, 5.74) is 1.23. The van der Waals surface area contributed by atoms with Gasteiger partial charge in [-0.25, -0.2) is 4.79 Å². The van der Waals surface area contributed by atoms with Crippen LogP contribution >= 0.6 is 11.8 Å². The minimum Gasteiger partial charge on any atom is -0.493 e. The molecule has 0 spiro atoms. The molecule has 2 N–H and O–H groups in total. The maximum Gasteiger partial charge on any atom is 0.338 e. The highest BCUT2D eigenvalue weighted by Crippen LogP contribution is 2.27. The normalized spacial score (nSPS) is 10.4. The minimum atomic E-state index is -0.457. The van der Waals surface area contributed by atoms with E-state index in [1.54, 1.807) is 60.0 Å². The quantitative estimate of drug-likeness (QED) is 0.191. The van der Waals surface area contributed by atoms with Crippen molar-refractivity contribution in [3.05, 3.63) is 72.1 Å². The number of benzene rings is 2. The van der Waals surface area contributed by atoms with Crippen LogP contribution in [0.25, 0.3) is 0 Å². The molecule has 2 aromatic carbocycles. The van der Waals surface area contributed by atoms with Gasteiger partial charge in [-0.05, 0) is 43.3 Å². The number of aromatic nitrogens is 3. The third-order valence-electron chi connectivity index (χ3n) is 5.15. The molecular weight excluding hydrogens is 510 g/mol. The predicted molar refractivity (Wildman–Crippen MR) is 143 cm³/mol. The second-order valence-corrected chi connectivity index (χ2v) is 8.63. The van der Waals surface area contributed by atoms with Crippen LogP contribution in [0.3, 0.4) is 0 Å². The van der Waals surface area contributed by atoms with Gasteiger partial charge in [-0.2, -0.15) is 0 Å². The van der Waals surface area contributed by atoms with Crippen molar-refractivity contribution in [1.29, 1.82) is 0 Å². The average Bonchev–Trinajstić information content (AvgIpc) is 3.31. The van der Waals surface area contributed by atoms with Crippen LogP contribution in [-0.4, -0.2) is 59.1 Å². The molecule has 0 saturated carbocycles. The van der Waals surface area contributed by atoms with Crippen molar-refractivity contribution in [2.75, 3.05) is 31.9 Å². The van der Waals surface area contributed by atoms with Crippen LogP contribution in [0.1, 0.15) is 33.5 Å². The van der Waals surface area contributed by atoms with E-state index in [9.17, 15) is 14.4 Å². The number of carbonyl (C=O) groups is 3. The number of anilines is 1. The van der Waals surface area contributed by atoms with Crippen molar-refractivity contribution in [2.45, 2.75) is 25.2 Å². The van der Waals surface area contributed by atoms with Crippen molar-refractivity contribution in [1.82, 2.24) is 20.1 Å².